The summed E-state index contributed by atoms with van der Waals surface area (Å²) < 4.78 is 13.9. The second-order valence-electron chi connectivity index (χ2n) is 8.26. The van der Waals surface area contributed by atoms with Gasteiger partial charge in [0.25, 0.3) is 11.5 Å². The zero-order valence-corrected chi connectivity index (χ0v) is 15.7. The summed E-state index contributed by atoms with van der Waals surface area (Å²) in [4.78, 5) is 30.8. The second kappa shape index (κ2) is 6.85. The number of pyridine rings is 1. The molecule has 2 aromatic rings. The summed E-state index contributed by atoms with van der Waals surface area (Å²) in [6, 6.07) is 8.09. The maximum Gasteiger partial charge on any atom is 0.261 e. The van der Waals surface area contributed by atoms with E-state index >= 15 is 0 Å². The van der Waals surface area contributed by atoms with Crippen molar-refractivity contribution in [1.29, 1.82) is 0 Å². The van der Waals surface area contributed by atoms with Crippen LogP contribution in [0.4, 0.5) is 4.39 Å². The summed E-state index contributed by atoms with van der Waals surface area (Å²) in [5, 5.41) is 3.39. The summed E-state index contributed by atoms with van der Waals surface area (Å²) in [6.45, 7) is 2.24. The number of likely N-dealkylation sites (tertiary alicyclic amines) is 1. The normalized spacial score (nSPS) is 26.2. The van der Waals surface area contributed by atoms with Crippen molar-refractivity contribution < 1.29 is 9.18 Å². The quantitative estimate of drug-likeness (QED) is 0.840. The molecule has 0 bridgehead atoms. The average molecular weight is 381 g/mol. The van der Waals surface area contributed by atoms with Gasteiger partial charge in [-0.2, -0.15) is 0 Å². The Morgan fingerprint density at radius 3 is 2.86 bits per heavy atom. The molecule has 2 fully saturated rings. The van der Waals surface area contributed by atoms with E-state index in [4.69, 9.17) is 0 Å². The van der Waals surface area contributed by atoms with Crippen molar-refractivity contribution in [2.75, 3.05) is 19.6 Å². The minimum Gasteiger partial charge on any atom is -0.331 e. The number of aromatic amines is 1. The molecule has 1 aliphatic carbocycles. The fourth-order valence-electron chi connectivity index (χ4n) is 5.24. The van der Waals surface area contributed by atoms with Crippen LogP contribution < -0.4 is 10.9 Å². The van der Waals surface area contributed by atoms with Gasteiger partial charge in [0.1, 0.15) is 11.4 Å². The predicted octanol–water partition coefficient (Wildman–Crippen LogP) is 2.43. The van der Waals surface area contributed by atoms with E-state index in [0.717, 1.165) is 55.6 Å². The summed E-state index contributed by atoms with van der Waals surface area (Å²) in [6.07, 6.45) is 3.91. The van der Waals surface area contributed by atoms with Crippen molar-refractivity contribution in [3.63, 3.8) is 0 Å². The fourth-order valence-corrected chi connectivity index (χ4v) is 5.24. The maximum absolute atomic E-state index is 13.9. The number of nitrogens with one attached hydrogen (secondary N) is 2. The first-order valence-electron chi connectivity index (χ1n) is 10.1. The van der Waals surface area contributed by atoms with Gasteiger partial charge in [0, 0.05) is 31.2 Å². The fraction of sp³-hybridized carbons (Fsp3) is 0.455. The molecule has 2 aliphatic heterocycles. The molecule has 0 spiro atoms. The Morgan fingerprint density at radius 2 is 2.00 bits per heavy atom. The largest absolute Gasteiger partial charge is 0.331 e. The van der Waals surface area contributed by atoms with Gasteiger partial charge in [-0.25, -0.2) is 4.39 Å². The van der Waals surface area contributed by atoms with Crippen molar-refractivity contribution >= 4 is 5.91 Å². The summed E-state index contributed by atoms with van der Waals surface area (Å²) in [5.41, 5.74) is 2.77. The van der Waals surface area contributed by atoms with E-state index in [1.807, 2.05) is 6.07 Å². The zero-order chi connectivity index (χ0) is 19.3. The number of hydrogen-bond donors (Lipinski definition) is 2. The smallest absolute Gasteiger partial charge is 0.261 e. The monoisotopic (exact) mass is 381 g/mol. The third-order valence-electron chi connectivity index (χ3n) is 6.58. The number of aryl methyl sites for hydroxylation is 2. The lowest BCUT2D eigenvalue weighted by atomic mass is 9.89. The van der Waals surface area contributed by atoms with E-state index in [-0.39, 0.29) is 34.8 Å². The highest BCUT2D eigenvalue weighted by Gasteiger charge is 2.47. The van der Waals surface area contributed by atoms with Crippen molar-refractivity contribution in [2.45, 2.75) is 31.7 Å². The van der Waals surface area contributed by atoms with Gasteiger partial charge in [-0.05, 0) is 60.9 Å². The van der Waals surface area contributed by atoms with Gasteiger partial charge in [0.15, 0.2) is 0 Å². The molecule has 5 nitrogen and oxygen atoms in total. The number of hydrogen-bond acceptors (Lipinski definition) is 3. The lowest BCUT2D eigenvalue weighted by molar-refractivity contribution is 0.0711. The molecule has 1 amide bonds. The minimum absolute atomic E-state index is 0.210. The van der Waals surface area contributed by atoms with E-state index in [0.29, 0.717) is 12.5 Å². The van der Waals surface area contributed by atoms with Gasteiger partial charge in [-0.1, -0.05) is 12.1 Å². The van der Waals surface area contributed by atoms with E-state index in [1.54, 1.807) is 17.0 Å². The number of fused-ring (bicyclic) bond motifs is 2. The van der Waals surface area contributed by atoms with Crippen LogP contribution >= 0.6 is 0 Å². The molecule has 1 aromatic heterocycles. The van der Waals surface area contributed by atoms with Crippen LogP contribution in [0.1, 0.15) is 46.1 Å². The van der Waals surface area contributed by atoms with Crippen LogP contribution in [0.15, 0.2) is 35.1 Å². The molecule has 3 aliphatic rings. The Kier molecular flexibility index (Phi) is 4.31. The molecule has 2 saturated heterocycles. The molecular weight excluding hydrogens is 357 g/mol. The van der Waals surface area contributed by atoms with Crippen LogP contribution in [0.2, 0.25) is 0 Å². The van der Waals surface area contributed by atoms with Crippen molar-refractivity contribution in [3.05, 3.63) is 68.9 Å². The Morgan fingerprint density at radius 1 is 1.14 bits per heavy atom. The molecule has 5 rings (SSSR count). The third-order valence-corrected chi connectivity index (χ3v) is 6.58. The van der Waals surface area contributed by atoms with Crippen LogP contribution in [-0.2, 0) is 12.8 Å². The lowest BCUT2D eigenvalue weighted by Crippen LogP contribution is -2.38. The van der Waals surface area contributed by atoms with E-state index < -0.39 is 0 Å². The number of amides is 1. The summed E-state index contributed by atoms with van der Waals surface area (Å²) >= 11 is 0. The highest BCUT2D eigenvalue weighted by atomic mass is 19.1. The zero-order valence-electron chi connectivity index (χ0n) is 15.7. The number of H-pyrrole nitrogens is 1. The predicted molar refractivity (Wildman–Crippen MR) is 104 cm³/mol. The van der Waals surface area contributed by atoms with Crippen LogP contribution in [0.25, 0.3) is 0 Å². The standard InChI is InChI=1S/C22H24FN3O2/c23-16-6-3-5-14(8-16)20-18-11-24-10-15(18)12-26(20)22(28)17-9-13-4-1-2-7-19(13)25-21(17)27/h3,5-6,8-9,15,18,20,24H,1-2,4,7,10-12H2,(H,25,27)/t15-,18-,20+/m0/s1. The Hall–Kier alpha value is -2.47. The number of carbonyl (C=O) groups excluding carboxylic acids is 1. The third kappa shape index (κ3) is 2.87. The molecule has 146 valence electrons. The Balaban J connectivity index is 1.54. The van der Waals surface area contributed by atoms with Gasteiger partial charge in [-0.3, -0.25) is 9.59 Å². The van der Waals surface area contributed by atoms with Crippen LogP contribution in [0.3, 0.4) is 0 Å². The van der Waals surface area contributed by atoms with Gasteiger partial charge < -0.3 is 15.2 Å². The first-order valence-corrected chi connectivity index (χ1v) is 10.1. The number of carbonyl (C=O) groups is 1. The molecule has 0 saturated carbocycles. The van der Waals surface area contributed by atoms with Crippen molar-refractivity contribution in [3.8, 4) is 0 Å². The number of halogens is 1. The summed E-state index contributed by atoms with van der Waals surface area (Å²) in [7, 11) is 0. The van der Waals surface area contributed by atoms with E-state index in [9.17, 15) is 14.0 Å². The first-order chi connectivity index (χ1) is 13.6. The second-order valence-corrected chi connectivity index (χ2v) is 8.26. The molecular formula is C22H24FN3O2. The molecule has 1 aromatic carbocycles. The SMILES string of the molecule is O=C(c1cc2c([nH]c1=O)CCCC2)N1C[C@@H]2CNC[C@@H]2[C@H]1c1cccc(F)c1. The molecule has 3 atom stereocenters. The van der Waals surface area contributed by atoms with Crippen LogP contribution in [0, 0.1) is 17.7 Å². The van der Waals surface area contributed by atoms with E-state index in [1.165, 1.54) is 12.1 Å². The molecule has 2 N–H and O–H groups in total. The maximum atomic E-state index is 13.9. The molecule has 0 unspecified atom stereocenters. The van der Waals surface area contributed by atoms with Gasteiger partial charge in [0.05, 0.1) is 6.04 Å². The van der Waals surface area contributed by atoms with Crippen LogP contribution in [-0.4, -0.2) is 35.4 Å². The summed E-state index contributed by atoms with van der Waals surface area (Å²) in [5.74, 6) is 0.0283. The lowest BCUT2D eigenvalue weighted by Gasteiger charge is -2.28. The van der Waals surface area contributed by atoms with E-state index in [2.05, 4.69) is 10.3 Å². The highest BCUT2D eigenvalue weighted by Crippen LogP contribution is 2.43. The first kappa shape index (κ1) is 17.6. The molecule has 0 radical (unpaired) electrons. The molecule has 28 heavy (non-hydrogen) atoms. The molecule has 3 heterocycles. The van der Waals surface area contributed by atoms with Crippen LogP contribution in [0.5, 0.6) is 0 Å². The number of rotatable bonds is 2. The number of nitrogens with zero attached hydrogens (tertiary/aromatic N) is 1. The minimum atomic E-state index is -0.307. The molecule has 6 heteroatoms. The average Bonchev–Trinajstić information content (AvgIpc) is 3.28. The highest BCUT2D eigenvalue weighted by molar-refractivity contribution is 5.94. The van der Waals surface area contributed by atoms with Gasteiger partial charge >= 0.3 is 0 Å². The Labute approximate surface area is 163 Å². The number of aromatic nitrogens is 1. The Bertz CT molecular complexity index is 986. The van der Waals surface area contributed by atoms with Gasteiger partial charge in [0.2, 0.25) is 0 Å². The topological polar surface area (TPSA) is 65.2 Å². The number of benzene rings is 1. The van der Waals surface area contributed by atoms with Crippen molar-refractivity contribution in [1.82, 2.24) is 15.2 Å². The van der Waals surface area contributed by atoms with Crippen molar-refractivity contribution in [2.24, 2.45) is 11.8 Å². The van der Waals surface area contributed by atoms with Gasteiger partial charge in [-0.15, -0.1) is 0 Å².